The van der Waals surface area contributed by atoms with Crippen molar-refractivity contribution in [3.8, 4) is 11.8 Å². The highest BCUT2D eigenvalue weighted by molar-refractivity contribution is 5.89. The van der Waals surface area contributed by atoms with Gasteiger partial charge in [-0.1, -0.05) is 5.92 Å². The van der Waals surface area contributed by atoms with E-state index in [9.17, 15) is 4.79 Å². The van der Waals surface area contributed by atoms with Gasteiger partial charge in [0, 0.05) is 6.20 Å². The molecule has 0 saturated carbocycles. The molecule has 0 aliphatic carbocycles. The fraction of sp³-hybridized carbons (Fsp3) is 0.143. The zero-order valence-corrected chi connectivity index (χ0v) is 5.88. The van der Waals surface area contributed by atoms with Gasteiger partial charge in [0.1, 0.15) is 11.3 Å². The van der Waals surface area contributed by atoms with E-state index in [2.05, 4.69) is 22.0 Å². The van der Waals surface area contributed by atoms with E-state index in [1.165, 1.54) is 6.20 Å². The van der Waals surface area contributed by atoms with Gasteiger partial charge < -0.3 is 5.11 Å². The molecule has 0 unspecified atom stereocenters. The van der Waals surface area contributed by atoms with Gasteiger partial charge in [-0.25, -0.2) is 4.79 Å². The SMILES string of the molecule is CC#Cc1n[nH]cc1C(=O)O. The summed E-state index contributed by atoms with van der Waals surface area (Å²) in [6.07, 6.45) is 1.31. The molecule has 1 aromatic heterocycles. The third-order valence-electron chi connectivity index (χ3n) is 1.11. The van der Waals surface area contributed by atoms with E-state index in [1.54, 1.807) is 6.92 Å². The molecular formula is C7H6N2O2. The molecule has 0 saturated heterocycles. The topological polar surface area (TPSA) is 66.0 Å². The largest absolute Gasteiger partial charge is 0.478 e. The van der Waals surface area contributed by atoms with Crippen molar-refractivity contribution in [1.82, 2.24) is 10.2 Å². The Bertz CT molecular complexity index is 330. The summed E-state index contributed by atoms with van der Waals surface area (Å²) in [6, 6.07) is 0. The Morgan fingerprint density at radius 1 is 1.82 bits per heavy atom. The molecule has 1 heterocycles. The van der Waals surface area contributed by atoms with Crippen molar-refractivity contribution < 1.29 is 9.90 Å². The highest BCUT2D eigenvalue weighted by Gasteiger charge is 2.09. The maximum Gasteiger partial charge on any atom is 0.340 e. The molecule has 0 aromatic carbocycles. The number of carbonyl (C=O) groups is 1. The average molecular weight is 150 g/mol. The van der Waals surface area contributed by atoms with Crippen LogP contribution in [-0.4, -0.2) is 21.3 Å². The second kappa shape index (κ2) is 2.88. The van der Waals surface area contributed by atoms with Crippen LogP contribution in [-0.2, 0) is 0 Å². The smallest absolute Gasteiger partial charge is 0.340 e. The van der Waals surface area contributed by atoms with Crippen molar-refractivity contribution in [2.75, 3.05) is 0 Å². The lowest BCUT2D eigenvalue weighted by Gasteiger charge is -1.84. The molecule has 0 aliphatic heterocycles. The molecule has 4 heteroatoms. The minimum absolute atomic E-state index is 0.111. The Hall–Kier alpha value is -1.76. The first-order chi connectivity index (χ1) is 5.25. The number of rotatable bonds is 1. The van der Waals surface area contributed by atoms with Crippen molar-refractivity contribution in [2.24, 2.45) is 0 Å². The maximum absolute atomic E-state index is 10.4. The molecule has 0 amide bonds. The zero-order valence-electron chi connectivity index (χ0n) is 5.88. The van der Waals surface area contributed by atoms with Gasteiger partial charge in [-0.3, -0.25) is 5.10 Å². The van der Waals surface area contributed by atoms with E-state index in [0.29, 0.717) is 0 Å². The maximum atomic E-state index is 10.4. The summed E-state index contributed by atoms with van der Waals surface area (Å²) >= 11 is 0. The van der Waals surface area contributed by atoms with E-state index < -0.39 is 5.97 Å². The fourth-order valence-corrected chi connectivity index (χ4v) is 0.667. The lowest BCUT2D eigenvalue weighted by Crippen LogP contribution is -1.96. The molecule has 1 rings (SSSR count). The van der Waals surface area contributed by atoms with Crippen LogP contribution in [0.3, 0.4) is 0 Å². The van der Waals surface area contributed by atoms with Crippen LogP contribution in [0, 0.1) is 11.8 Å². The minimum Gasteiger partial charge on any atom is -0.478 e. The molecule has 0 fully saturated rings. The number of H-pyrrole nitrogens is 1. The summed E-state index contributed by atoms with van der Waals surface area (Å²) in [7, 11) is 0. The molecule has 56 valence electrons. The fourth-order valence-electron chi connectivity index (χ4n) is 0.667. The molecule has 4 nitrogen and oxygen atoms in total. The van der Waals surface area contributed by atoms with Gasteiger partial charge in [0.15, 0.2) is 0 Å². The summed E-state index contributed by atoms with van der Waals surface area (Å²) in [6.45, 7) is 1.63. The van der Waals surface area contributed by atoms with Crippen molar-refractivity contribution in [3.05, 3.63) is 17.5 Å². The molecule has 1 aromatic rings. The predicted octanol–water partition coefficient (Wildman–Crippen LogP) is 0.479. The van der Waals surface area contributed by atoms with Gasteiger partial charge in [0.05, 0.1) is 0 Å². The zero-order chi connectivity index (χ0) is 8.27. The van der Waals surface area contributed by atoms with Gasteiger partial charge in [0.25, 0.3) is 0 Å². The Balaban J connectivity index is 3.12. The Labute approximate surface area is 63.2 Å². The summed E-state index contributed by atoms with van der Waals surface area (Å²) in [5.74, 6) is 4.12. The van der Waals surface area contributed by atoms with Gasteiger partial charge in [-0.05, 0) is 12.8 Å². The van der Waals surface area contributed by atoms with Crippen LogP contribution in [0.4, 0.5) is 0 Å². The number of aromatic amines is 1. The number of nitrogens with zero attached hydrogens (tertiary/aromatic N) is 1. The molecule has 11 heavy (non-hydrogen) atoms. The second-order valence-corrected chi connectivity index (χ2v) is 1.83. The summed E-state index contributed by atoms with van der Waals surface area (Å²) in [5, 5.41) is 14.6. The van der Waals surface area contributed by atoms with E-state index in [1.807, 2.05) is 0 Å². The number of aromatic carboxylic acids is 1. The Morgan fingerprint density at radius 3 is 3.09 bits per heavy atom. The van der Waals surface area contributed by atoms with Crippen LogP contribution in [0.5, 0.6) is 0 Å². The van der Waals surface area contributed by atoms with Gasteiger partial charge in [-0.2, -0.15) is 5.10 Å². The van der Waals surface area contributed by atoms with Gasteiger partial charge in [-0.15, -0.1) is 0 Å². The van der Waals surface area contributed by atoms with Gasteiger partial charge >= 0.3 is 5.97 Å². The van der Waals surface area contributed by atoms with E-state index in [4.69, 9.17) is 5.11 Å². The van der Waals surface area contributed by atoms with Crippen molar-refractivity contribution in [1.29, 1.82) is 0 Å². The van der Waals surface area contributed by atoms with Crippen molar-refractivity contribution in [2.45, 2.75) is 6.92 Å². The second-order valence-electron chi connectivity index (χ2n) is 1.83. The van der Waals surface area contributed by atoms with E-state index >= 15 is 0 Å². The number of nitrogens with one attached hydrogen (secondary N) is 1. The number of aromatic nitrogens is 2. The van der Waals surface area contributed by atoms with Crippen LogP contribution in [0.15, 0.2) is 6.20 Å². The van der Waals surface area contributed by atoms with Crippen LogP contribution in [0.1, 0.15) is 23.0 Å². The van der Waals surface area contributed by atoms with Crippen LogP contribution in [0.2, 0.25) is 0 Å². The highest BCUT2D eigenvalue weighted by atomic mass is 16.4. The molecule has 0 radical (unpaired) electrons. The molecular weight excluding hydrogens is 144 g/mol. The first kappa shape index (κ1) is 7.35. The normalized spacial score (nSPS) is 8.45. The lowest BCUT2D eigenvalue weighted by atomic mass is 10.2. The number of carboxylic acids is 1. The molecule has 0 aliphatic rings. The molecule has 0 bridgehead atoms. The monoisotopic (exact) mass is 150 g/mol. The van der Waals surface area contributed by atoms with Crippen LogP contribution in [0.25, 0.3) is 0 Å². The third kappa shape index (κ3) is 1.38. The quantitative estimate of drug-likeness (QED) is 0.572. The minimum atomic E-state index is -1.02. The number of carboxylic acid groups (broad SMARTS) is 1. The van der Waals surface area contributed by atoms with Crippen LogP contribution < -0.4 is 0 Å². The highest BCUT2D eigenvalue weighted by Crippen LogP contribution is 2.01. The third-order valence-corrected chi connectivity index (χ3v) is 1.11. The number of hydrogen-bond acceptors (Lipinski definition) is 2. The van der Waals surface area contributed by atoms with E-state index in [0.717, 1.165) is 0 Å². The summed E-state index contributed by atoms with van der Waals surface area (Å²) < 4.78 is 0. The van der Waals surface area contributed by atoms with E-state index in [-0.39, 0.29) is 11.3 Å². The molecule has 0 atom stereocenters. The molecule has 0 spiro atoms. The number of hydrogen-bond donors (Lipinski definition) is 2. The average Bonchev–Trinajstić information content (AvgIpc) is 2.36. The first-order valence-corrected chi connectivity index (χ1v) is 2.95. The lowest BCUT2D eigenvalue weighted by molar-refractivity contribution is 0.0696. The summed E-state index contributed by atoms with van der Waals surface area (Å²) in [4.78, 5) is 10.4. The van der Waals surface area contributed by atoms with Crippen molar-refractivity contribution >= 4 is 5.97 Å². The first-order valence-electron chi connectivity index (χ1n) is 2.95. The van der Waals surface area contributed by atoms with Crippen LogP contribution >= 0.6 is 0 Å². The summed E-state index contributed by atoms with van der Waals surface area (Å²) in [5.41, 5.74) is 0.388. The van der Waals surface area contributed by atoms with Gasteiger partial charge in [0.2, 0.25) is 0 Å². The standard InChI is InChI=1S/C7H6N2O2/c1-2-3-6-5(7(10)11)4-8-9-6/h4H,1H3,(H,8,9)(H,10,11). The Kier molecular flexibility index (Phi) is 1.93. The Morgan fingerprint density at radius 2 is 2.55 bits per heavy atom. The van der Waals surface area contributed by atoms with Crippen molar-refractivity contribution in [3.63, 3.8) is 0 Å². The predicted molar refractivity (Wildman–Crippen MR) is 38.1 cm³/mol. The molecule has 2 N–H and O–H groups in total.